The third kappa shape index (κ3) is 1.70. The molecule has 0 atom stereocenters. The van der Waals surface area contributed by atoms with Gasteiger partial charge in [-0.3, -0.25) is 0 Å². The van der Waals surface area contributed by atoms with Crippen molar-refractivity contribution in [1.82, 2.24) is 0 Å². The van der Waals surface area contributed by atoms with E-state index in [1.54, 1.807) is 0 Å². The van der Waals surface area contributed by atoms with Crippen LogP contribution in [0, 0.1) is 11.3 Å². The second-order valence-corrected chi connectivity index (χ2v) is 4.25. The number of anilines is 1. The standard InChI is InChI=1S/C13H16N2/c1-3-15(2)12-6-4-11(5-7-12)13(10-14)8-9-13/h4-7H,3,8-9H2,1-2H3. The summed E-state index contributed by atoms with van der Waals surface area (Å²) in [5.74, 6) is 0. The Morgan fingerprint density at radius 1 is 1.33 bits per heavy atom. The summed E-state index contributed by atoms with van der Waals surface area (Å²) in [6, 6.07) is 10.8. The van der Waals surface area contributed by atoms with Gasteiger partial charge >= 0.3 is 0 Å². The molecule has 1 fully saturated rings. The first-order valence-corrected chi connectivity index (χ1v) is 5.45. The Hall–Kier alpha value is -1.49. The molecule has 0 spiro atoms. The van der Waals surface area contributed by atoms with Crippen molar-refractivity contribution in [2.75, 3.05) is 18.5 Å². The molecule has 2 heteroatoms. The van der Waals surface area contributed by atoms with E-state index in [0.29, 0.717) is 0 Å². The Bertz CT molecular complexity index is 382. The first-order valence-electron chi connectivity index (χ1n) is 5.45. The zero-order valence-electron chi connectivity index (χ0n) is 9.33. The molecule has 0 radical (unpaired) electrons. The molecular weight excluding hydrogens is 184 g/mol. The summed E-state index contributed by atoms with van der Waals surface area (Å²) in [7, 11) is 2.08. The van der Waals surface area contributed by atoms with Gasteiger partial charge in [0.05, 0.1) is 11.5 Å². The van der Waals surface area contributed by atoms with Crippen LogP contribution >= 0.6 is 0 Å². The lowest BCUT2D eigenvalue weighted by Gasteiger charge is -2.17. The highest BCUT2D eigenvalue weighted by atomic mass is 15.1. The second kappa shape index (κ2) is 3.58. The topological polar surface area (TPSA) is 27.0 Å². The predicted molar refractivity (Wildman–Crippen MR) is 61.9 cm³/mol. The van der Waals surface area contributed by atoms with Crippen LogP contribution in [0.5, 0.6) is 0 Å². The lowest BCUT2D eigenvalue weighted by Crippen LogP contribution is -2.15. The van der Waals surface area contributed by atoms with Crippen molar-refractivity contribution in [3.63, 3.8) is 0 Å². The van der Waals surface area contributed by atoms with E-state index in [9.17, 15) is 0 Å². The van der Waals surface area contributed by atoms with Gasteiger partial charge in [-0.2, -0.15) is 5.26 Å². The Morgan fingerprint density at radius 3 is 2.33 bits per heavy atom. The molecule has 0 saturated heterocycles. The number of nitriles is 1. The molecule has 0 heterocycles. The molecule has 1 aliphatic carbocycles. The average Bonchev–Trinajstić information content (AvgIpc) is 3.09. The fourth-order valence-electron chi connectivity index (χ4n) is 1.81. The van der Waals surface area contributed by atoms with Gasteiger partial charge in [0.1, 0.15) is 0 Å². The van der Waals surface area contributed by atoms with E-state index in [0.717, 1.165) is 19.4 Å². The summed E-state index contributed by atoms with van der Waals surface area (Å²) in [6.45, 7) is 3.13. The van der Waals surface area contributed by atoms with E-state index < -0.39 is 0 Å². The van der Waals surface area contributed by atoms with Crippen molar-refractivity contribution >= 4 is 5.69 Å². The van der Waals surface area contributed by atoms with Crippen LogP contribution in [0.1, 0.15) is 25.3 Å². The van der Waals surface area contributed by atoms with Crippen molar-refractivity contribution in [3.05, 3.63) is 29.8 Å². The average molecular weight is 200 g/mol. The maximum Gasteiger partial charge on any atom is 0.0823 e. The van der Waals surface area contributed by atoms with E-state index in [2.05, 4.69) is 49.2 Å². The van der Waals surface area contributed by atoms with E-state index in [1.807, 2.05) is 0 Å². The molecule has 1 aromatic carbocycles. The van der Waals surface area contributed by atoms with Crippen molar-refractivity contribution in [1.29, 1.82) is 5.26 Å². The molecule has 0 bridgehead atoms. The highest BCUT2D eigenvalue weighted by Gasteiger charge is 2.44. The van der Waals surface area contributed by atoms with Gasteiger partial charge in [0, 0.05) is 19.3 Å². The molecule has 78 valence electrons. The van der Waals surface area contributed by atoms with Gasteiger partial charge in [0.15, 0.2) is 0 Å². The van der Waals surface area contributed by atoms with Gasteiger partial charge in [-0.15, -0.1) is 0 Å². The fraction of sp³-hybridized carbons (Fsp3) is 0.462. The molecular formula is C13H16N2. The summed E-state index contributed by atoms with van der Waals surface area (Å²) in [4.78, 5) is 2.19. The zero-order valence-corrected chi connectivity index (χ0v) is 9.33. The van der Waals surface area contributed by atoms with Gasteiger partial charge in [-0.25, -0.2) is 0 Å². The minimum Gasteiger partial charge on any atom is -0.375 e. The van der Waals surface area contributed by atoms with Gasteiger partial charge in [-0.05, 0) is 37.5 Å². The fourth-order valence-corrected chi connectivity index (χ4v) is 1.81. The van der Waals surface area contributed by atoms with Gasteiger partial charge < -0.3 is 4.90 Å². The van der Waals surface area contributed by atoms with Crippen molar-refractivity contribution < 1.29 is 0 Å². The van der Waals surface area contributed by atoms with Gasteiger partial charge in [0.25, 0.3) is 0 Å². The Morgan fingerprint density at radius 2 is 1.93 bits per heavy atom. The van der Waals surface area contributed by atoms with E-state index >= 15 is 0 Å². The largest absolute Gasteiger partial charge is 0.375 e. The molecule has 1 saturated carbocycles. The monoisotopic (exact) mass is 200 g/mol. The van der Waals surface area contributed by atoms with Crippen molar-refractivity contribution in [2.45, 2.75) is 25.2 Å². The van der Waals surface area contributed by atoms with Gasteiger partial charge in [-0.1, -0.05) is 12.1 Å². The SMILES string of the molecule is CCN(C)c1ccc(C2(C#N)CC2)cc1. The molecule has 2 rings (SSSR count). The molecule has 15 heavy (non-hydrogen) atoms. The van der Waals surface area contributed by atoms with Crippen molar-refractivity contribution in [2.24, 2.45) is 0 Å². The van der Waals surface area contributed by atoms with Crippen LogP contribution in [0.25, 0.3) is 0 Å². The third-order valence-electron chi connectivity index (χ3n) is 3.30. The lowest BCUT2D eigenvalue weighted by molar-refractivity contribution is 0.904. The van der Waals surface area contributed by atoms with Crippen LogP contribution in [0.15, 0.2) is 24.3 Å². The summed E-state index contributed by atoms with van der Waals surface area (Å²) >= 11 is 0. The van der Waals surface area contributed by atoms with Crippen LogP contribution in [0.4, 0.5) is 5.69 Å². The van der Waals surface area contributed by atoms with Crippen LogP contribution in [-0.4, -0.2) is 13.6 Å². The molecule has 0 aromatic heterocycles. The summed E-state index contributed by atoms with van der Waals surface area (Å²) in [5, 5.41) is 9.07. The Labute approximate surface area is 91.1 Å². The van der Waals surface area contributed by atoms with Crippen LogP contribution in [0.3, 0.4) is 0 Å². The molecule has 1 aromatic rings. The number of benzene rings is 1. The number of hydrogen-bond acceptors (Lipinski definition) is 2. The first kappa shape index (κ1) is 10.0. The molecule has 2 nitrogen and oxygen atoms in total. The van der Waals surface area contributed by atoms with E-state index in [-0.39, 0.29) is 5.41 Å². The minimum atomic E-state index is -0.149. The summed E-state index contributed by atoms with van der Waals surface area (Å²) in [5.41, 5.74) is 2.25. The number of rotatable bonds is 3. The highest BCUT2D eigenvalue weighted by Crippen LogP contribution is 2.47. The quantitative estimate of drug-likeness (QED) is 0.750. The highest BCUT2D eigenvalue weighted by molar-refractivity contribution is 5.50. The number of hydrogen-bond donors (Lipinski definition) is 0. The predicted octanol–water partition coefficient (Wildman–Crippen LogP) is 2.70. The van der Waals surface area contributed by atoms with Gasteiger partial charge in [0.2, 0.25) is 0 Å². The van der Waals surface area contributed by atoms with Crippen molar-refractivity contribution in [3.8, 4) is 6.07 Å². The first-order chi connectivity index (χ1) is 7.22. The lowest BCUT2D eigenvalue weighted by atomic mass is 9.97. The molecule has 0 N–H and O–H groups in total. The smallest absolute Gasteiger partial charge is 0.0823 e. The van der Waals surface area contributed by atoms with Crippen LogP contribution in [0.2, 0.25) is 0 Å². The minimum absolute atomic E-state index is 0.149. The molecule has 1 aliphatic rings. The number of nitrogens with zero attached hydrogens (tertiary/aromatic N) is 2. The van der Waals surface area contributed by atoms with Crippen LogP contribution in [-0.2, 0) is 5.41 Å². The molecule has 0 unspecified atom stereocenters. The second-order valence-electron chi connectivity index (χ2n) is 4.25. The van der Waals surface area contributed by atoms with E-state index in [4.69, 9.17) is 5.26 Å². The Kier molecular flexibility index (Phi) is 2.40. The molecule has 0 aliphatic heterocycles. The molecule has 0 amide bonds. The third-order valence-corrected chi connectivity index (χ3v) is 3.30. The maximum absolute atomic E-state index is 9.07. The zero-order chi connectivity index (χ0) is 10.9. The maximum atomic E-state index is 9.07. The van der Waals surface area contributed by atoms with Crippen LogP contribution < -0.4 is 4.90 Å². The van der Waals surface area contributed by atoms with E-state index in [1.165, 1.54) is 11.3 Å². The Balaban J connectivity index is 2.22. The summed E-state index contributed by atoms with van der Waals surface area (Å²) in [6.07, 6.45) is 2.04. The normalized spacial score (nSPS) is 16.9. The summed E-state index contributed by atoms with van der Waals surface area (Å²) < 4.78 is 0.